The van der Waals surface area contributed by atoms with E-state index in [0.29, 0.717) is 6.54 Å². The van der Waals surface area contributed by atoms with E-state index < -0.39 is 11.6 Å². The van der Waals surface area contributed by atoms with Crippen LogP contribution in [0.2, 0.25) is 0 Å². The van der Waals surface area contributed by atoms with Crippen molar-refractivity contribution in [1.82, 2.24) is 15.2 Å². The Hall–Kier alpha value is -1.43. The monoisotopic (exact) mass is 307 g/mol. The predicted octanol–water partition coefficient (Wildman–Crippen LogP) is 1.87. The highest BCUT2D eigenvalue weighted by atomic mass is 32.1. The molecular weight excluding hydrogens is 286 g/mol. The molecule has 3 rings (SSSR count). The highest BCUT2D eigenvalue weighted by molar-refractivity contribution is 7.11. The number of hydrogen-bond donors (Lipinski definition) is 1. The average Bonchev–Trinajstić information content (AvgIpc) is 3.11. The van der Waals surface area contributed by atoms with Crippen LogP contribution in [0.4, 0.5) is 0 Å². The number of nitrogens with one attached hydrogen (secondary N) is 1. The zero-order valence-electron chi connectivity index (χ0n) is 12.5. The fourth-order valence-corrected chi connectivity index (χ4v) is 4.10. The lowest BCUT2D eigenvalue weighted by molar-refractivity contribution is -0.154. The topological polar surface area (TPSA) is 62.3 Å². The second-order valence-corrected chi connectivity index (χ2v) is 7.16. The second kappa shape index (κ2) is 5.40. The maximum atomic E-state index is 12.9. The van der Waals surface area contributed by atoms with Crippen LogP contribution in [0.3, 0.4) is 0 Å². The van der Waals surface area contributed by atoms with Crippen LogP contribution in [0, 0.1) is 0 Å². The van der Waals surface area contributed by atoms with Gasteiger partial charge in [-0.05, 0) is 26.2 Å². The molecule has 2 amide bonds. The SMILES string of the molecule is CCc1cnc(CN2C(=O)C3(CCCC3)NC(=O)C2C)s1. The van der Waals surface area contributed by atoms with Gasteiger partial charge in [0.2, 0.25) is 11.8 Å². The third-order valence-electron chi connectivity index (χ3n) is 4.59. The molecule has 1 aliphatic carbocycles. The summed E-state index contributed by atoms with van der Waals surface area (Å²) in [4.78, 5) is 32.4. The summed E-state index contributed by atoms with van der Waals surface area (Å²) in [6.45, 7) is 4.33. The summed E-state index contributed by atoms with van der Waals surface area (Å²) >= 11 is 1.63. The molecule has 0 bridgehead atoms. The number of rotatable bonds is 3. The molecule has 1 saturated carbocycles. The van der Waals surface area contributed by atoms with Gasteiger partial charge in [-0.25, -0.2) is 4.98 Å². The standard InChI is InChI=1S/C15H21N3O2S/c1-3-11-8-16-12(21-11)9-18-10(2)13(19)17-15(14(18)20)6-4-5-7-15/h8,10H,3-7,9H2,1-2H3,(H,17,19). The Kier molecular flexibility index (Phi) is 3.73. The van der Waals surface area contributed by atoms with E-state index in [9.17, 15) is 9.59 Å². The van der Waals surface area contributed by atoms with Crippen LogP contribution in [-0.2, 0) is 22.6 Å². The van der Waals surface area contributed by atoms with Gasteiger partial charge in [-0.15, -0.1) is 11.3 Å². The molecule has 1 aromatic rings. The maximum Gasteiger partial charge on any atom is 0.249 e. The van der Waals surface area contributed by atoms with Crippen LogP contribution >= 0.6 is 11.3 Å². The van der Waals surface area contributed by atoms with E-state index in [1.54, 1.807) is 23.2 Å². The first-order valence-corrected chi connectivity index (χ1v) is 8.44. The number of hydrogen-bond acceptors (Lipinski definition) is 4. The van der Waals surface area contributed by atoms with Crippen LogP contribution in [-0.4, -0.2) is 33.3 Å². The molecule has 2 heterocycles. The van der Waals surface area contributed by atoms with Gasteiger partial charge in [-0.3, -0.25) is 9.59 Å². The Labute approximate surface area is 128 Å². The molecule has 1 aromatic heterocycles. The first kappa shape index (κ1) is 14.5. The lowest BCUT2D eigenvalue weighted by Crippen LogP contribution is -2.68. The number of aryl methyl sites for hydroxylation is 1. The van der Waals surface area contributed by atoms with Gasteiger partial charge in [0.1, 0.15) is 16.6 Å². The summed E-state index contributed by atoms with van der Waals surface area (Å²) in [5, 5.41) is 3.89. The van der Waals surface area contributed by atoms with Gasteiger partial charge in [0, 0.05) is 11.1 Å². The van der Waals surface area contributed by atoms with Crippen LogP contribution in [0.15, 0.2) is 6.20 Å². The molecule has 1 atom stereocenters. The van der Waals surface area contributed by atoms with Crippen LogP contribution < -0.4 is 5.32 Å². The van der Waals surface area contributed by atoms with Crippen molar-refractivity contribution in [2.75, 3.05) is 0 Å². The Morgan fingerprint density at radius 2 is 2.14 bits per heavy atom. The largest absolute Gasteiger partial charge is 0.340 e. The lowest BCUT2D eigenvalue weighted by atomic mass is 9.91. The van der Waals surface area contributed by atoms with Gasteiger partial charge in [-0.1, -0.05) is 19.8 Å². The number of nitrogens with zero attached hydrogens (tertiary/aromatic N) is 2. The third-order valence-corrected chi connectivity index (χ3v) is 5.72. The fraction of sp³-hybridized carbons (Fsp3) is 0.667. The molecule has 114 valence electrons. The van der Waals surface area contributed by atoms with Gasteiger partial charge < -0.3 is 10.2 Å². The molecular formula is C15H21N3O2S. The Morgan fingerprint density at radius 1 is 1.43 bits per heavy atom. The summed E-state index contributed by atoms with van der Waals surface area (Å²) < 4.78 is 0. The highest BCUT2D eigenvalue weighted by Crippen LogP contribution is 2.35. The van der Waals surface area contributed by atoms with Crippen molar-refractivity contribution in [3.05, 3.63) is 16.1 Å². The van der Waals surface area contributed by atoms with Crippen molar-refractivity contribution in [2.45, 2.75) is 64.1 Å². The molecule has 1 N–H and O–H groups in total. The summed E-state index contributed by atoms with van der Waals surface area (Å²) in [5.41, 5.74) is -0.644. The number of piperazine rings is 1. The molecule has 2 fully saturated rings. The van der Waals surface area contributed by atoms with Crippen LogP contribution in [0.25, 0.3) is 0 Å². The molecule has 5 nitrogen and oxygen atoms in total. The highest BCUT2D eigenvalue weighted by Gasteiger charge is 2.50. The molecule has 1 saturated heterocycles. The molecule has 6 heteroatoms. The number of amides is 2. The van der Waals surface area contributed by atoms with E-state index >= 15 is 0 Å². The summed E-state index contributed by atoms with van der Waals surface area (Å²) in [6.07, 6.45) is 6.35. The number of thiazole rings is 1. The van der Waals surface area contributed by atoms with E-state index in [2.05, 4.69) is 17.2 Å². The number of aromatic nitrogens is 1. The zero-order valence-corrected chi connectivity index (χ0v) is 13.3. The Balaban J connectivity index is 1.84. The van der Waals surface area contributed by atoms with Gasteiger partial charge in [0.15, 0.2) is 0 Å². The van der Waals surface area contributed by atoms with E-state index in [-0.39, 0.29) is 11.8 Å². The van der Waals surface area contributed by atoms with E-state index in [0.717, 1.165) is 37.1 Å². The quantitative estimate of drug-likeness (QED) is 0.927. The summed E-state index contributed by atoms with van der Waals surface area (Å²) in [5.74, 6) is 0.0316. The van der Waals surface area contributed by atoms with E-state index in [1.807, 2.05) is 6.20 Å². The maximum absolute atomic E-state index is 12.9. The van der Waals surface area contributed by atoms with Gasteiger partial charge in [0.05, 0.1) is 6.54 Å². The van der Waals surface area contributed by atoms with Crippen molar-refractivity contribution < 1.29 is 9.59 Å². The first-order valence-electron chi connectivity index (χ1n) is 7.62. The van der Waals surface area contributed by atoms with Gasteiger partial charge in [-0.2, -0.15) is 0 Å². The molecule has 1 aliphatic heterocycles. The predicted molar refractivity (Wildman–Crippen MR) is 80.8 cm³/mol. The minimum absolute atomic E-state index is 0.0382. The summed E-state index contributed by atoms with van der Waals surface area (Å²) in [7, 11) is 0. The van der Waals surface area contributed by atoms with Gasteiger partial charge >= 0.3 is 0 Å². The van der Waals surface area contributed by atoms with Gasteiger partial charge in [0.25, 0.3) is 0 Å². The zero-order chi connectivity index (χ0) is 15.0. The Bertz CT molecular complexity index is 563. The van der Waals surface area contributed by atoms with E-state index in [4.69, 9.17) is 0 Å². The normalized spacial score (nSPS) is 24.7. The van der Waals surface area contributed by atoms with Crippen molar-refractivity contribution in [2.24, 2.45) is 0 Å². The average molecular weight is 307 g/mol. The molecule has 0 radical (unpaired) electrons. The second-order valence-electron chi connectivity index (χ2n) is 5.96. The van der Waals surface area contributed by atoms with E-state index in [1.165, 1.54) is 4.88 Å². The van der Waals surface area contributed by atoms with Crippen molar-refractivity contribution in [1.29, 1.82) is 0 Å². The Morgan fingerprint density at radius 3 is 2.76 bits per heavy atom. The minimum atomic E-state index is -0.644. The van der Waals surface area contributed by atoms with Crippen molar-refractivity contribution in [3.63, 3.8) is 0 Å². The summed E-state index contributed by atoms with van der Waals surface area (Å²) in [6, 6.07) is -0.419. The minimum Gasteiger partial charge on any atom is -0.340 e. The molecule has 1 spiro atoms. The third kappa shape index (κ3) is 2.46. The molecule has 0 aromatic carbocycles. The number of carbonyl (C=O) groups is 2. The molecule has 21 heavy (non-hydrogen) atoms. The van der Waals surface area contributed by atoms with Crippen molar-refractivity contribution >= 4 is 23.2 Å². The smallest absolute Gasteiger partial charge is 0.249 e. The van der Waals surface area contributed by atoms with Crippen LogP contribution in [0.5, 0.6) is 0 Å². The lowest BCUT2D eigenvalue weighted by Gasteiger charge is -2.43. The molecule has 2 aliphatic rings. The first-order chi connectivity index (χ1) is 10.1. The fourth-order valence-electron chi connectivity index (χ4n) is 3.24. The van der Waals surface area contributed by atoms with Crippen LogP contribution in [0.1, 0.15) is 49.4 Å². The van der Waals surface area contributed by atoms with Crippen molar-refractivity contribution in [3.8, 4) is 0 Å². The number of carbonyl (C=O) groups excluding carboxylic acids is 2. The molecule has 1 unspecified atom stereocenters.